The molecule has 8 aromatic carbocycles. The molecule has 0 spiro atoms. The molecule has 12 rings (SSSR count). The molecule has 0 unspecified atom stereocenters. The van der Waals surface area contributed by atoms with E-state index in [0.29, 0.717) is 17.8 Å². The Hall–Kier alpha value is -6.98. The van der Waals surface area contributed by atoms with Gasteiger partial charge in [-0.15, -0.1) is 0 Å². The van der Waals surface area contributed by atoms with Crippen molar-refractivity contribution in [2.45, 2.75) is 97.8 Å². The Labute approximate surface area is 402 Å². The Morgan fingerprint density at radius 2 is 1.07 bits per heavy atom. The lowest BCUT2D eigenvalue weighted by Gasteiger charge is -2.49. The van der Waals surface area contributed by atoms with Gasteiger partial charge in [0.2, 0.25) is 0 Å². The Kier molecular flexibility index (Phi) is 9.52. The molecule has 0 aliphatic carbocycles. The van der Waals surface area contributed by atoms with Crippen LogP contribution >= 0.6 is 0 Å². The fourth-order valence-corrected chi connectivity index (χ4v) is 12.2. The van der Waals surface area contributed by atoms with Crippen LogP contribution in [0.15, 0.2) is 162 Å². The largest absolute Gasteiger partial charge is 0.458 e. The molecule has 0 saturated heterocycles. The van der Waals surface area contributed by atoms with Gasteiger partial charge in [-0.3, -0.25) is 0 Å². The number of hydrogen-bond acceptors (Lipinski definition) is 4. The first kappa shape index (κ1) is 42.4. The lowest BCUT2D eigenvalue weighted by molar-refractivity contribution is 0.488. The molecule has 0 fully saturated rings. The summed E-state index contributed by atoms with van der Waals surface area (Å²) in [6, 6.07) is 58.6. The highest BCUT2D eigenvalue weighted by Crippen LogP contribution is 2.61. The third-order valence-corrected chi connectivity index (χ3v) is 15.6. The fraction of sp³-hybridized carbons (Fsp3) is 0.238. The Bertz CT molecular complexity index is 3470. The number of para-hydroxylation sites is 4. The highest BCUT2D eigenvalue weighted by Gasteiger charge is 2.46. The van der Waals surface area contributed by atoms with Crippen LogP contribution in [0, 0.1) is 0 Å². The first-order chi connectivity index (χ1) is 32.7. The Morgan fingerprint density at radius 1 is 0.456 bits per heavy atom. The quantitative estimate of drug-likeness (QED) is 0.156. The fourth-order valence-electron chi connectivity index (χ4n) is 12.2. The minimum Gasteiger partial charge on any atom is -0.458 e. The van der Waals surface area contributed by atoms with E-state index >= 15 is 0 Å². The number of furan rings is 1. The van der Waals surface area contributed by atoms with Gasteiger partial charge in [-0.25, -0.2) is 0 Å². The van der Waals surface area contributed by atoms with Gasteiger partial charge in [0.15, 0.2) is 0 Å². The second kappa shape index (κ2) is 15.3. The zero-order valence-corrected chi connectivity index (χ0v) is 41.0. The molecule has 0 atom stereocenters. The van der Waals surface area contributed by atoms with Crippen LogP contribution < -0.4 is 30.9 Å². The van der Waals surface area contributed by atoms with Crippen molar-refractivity contribution in [1.82, 2.24) is 0 Å². The summed E-state index contributed by atoms with van der Waals surface area (Å²) in [4.78, 5) is 5.04. The topological polar surface area (TPSA) is 28.9 Å². The van der Waals surface area contributed by atoms with Crippen molar-refractivity contribution < 1.29 is 9.15 Å². The van der Waals surface area contributed by atoms with Crippen molar-refractivity contribution in [2.75, 3.05) is 9.80 Å². The van der Waals surface area contributed by atoms with Crippen molar-refractivity contribution in [3.63, 3.8) is 0 Å². The summed E-state index contributed by atoms with van der Waals surface area (Å²) in [5.74, 6) is 2.80. The summed E-state index contributed by atoms with van der Waals surface area (Å²) < 4.78 is 14.0. The first-order valence-corrected chi connectivity index (χ1v) is 24.7. The molecular weight excluding hydrogens is 828 g/mol. The van der Waals surface area contributed by atoms with E-state index in [-0.39, 0.29) is 17.5 Å². The second-order valence-electron chi connectivity index (χ2n) is 21.5. The second-order valence-corrected chi connectivity index (χ2v) is 21.5. The van der Waals surface area contributed by atoms with Crippen LogP contribution in [-0.2, 0) is 10.8 Å². The van der Waals surface area contributed by atoms with Gasteiger partial charge in [0.25, 0.3) is 6.71 Å². The monoisotopic (exact) mass is 886 g/mol. The van der Waals surface area contributed by atoms with Crippen LogP contribution in [-0.4, -0.2) is 6.71 Å². The third-order valence-electron chi connectivity index (χ3n) is 15.6. The van der Waals surface area contributed by atoms with Gasteiger partial charge in [-0.05, 0) is 117 Å². The van der Waals surface area contributed by atoms with E-state index in [9.17, 15) is 0 Å². The SMILES string of the molecule is CC(C)c1cc(C(C)C)c(B2c3ccc(N4c5ccccc5C(C)(C)c5ccc6c(c54)C(C)(C)c4ccccc4N6c4ccccc4)cc3Oc3cc4c(cc32)oc2ccccc24)c(C(C)C)c1. The molecule has 5 heteroatoms. The molecule has 0 bridgehead atoms. The summed E-state index contributed by atoms with van der Waals surface area (Å²) in [7, 11) is 0. The van der Waals surface area contributed by atoms with E-state index in [2.05, 4.69) is 237 Å². The van der Waals surface area contributed by atoms with Crippen LogP contribution in [0.25, 0.3) is 21.9 Å². The minimum absolute atomic E-state index is 0.0843. The number of nitrogens with zero attached hydrogens (tertiary/aromatic N) is 2. The lowest BCUT2D eigenvalue weighted by atomic mass is 9.33. The molecule has 0 saturated carbocycles. The smallest absolute Gasteiger partial charge is 0.251 e. The van der Waals surface area contributed by atoms with Crippen LogP contribution in [0.2, 0.25) is 0 Å². The van der Waals surface area contributed by atoms with Gasteiger partial charge < -0.3 is 19.0 Å². The van der Waals surface area contributed by atoms with Gasteiger partial charge in [0.1, 0.15) is 22.7 Å². The number of anilines is 6. The molecule has 0 radical (unpaired) electrons. The molecule has 1 aromatic heterocycles. The summed E-state index contributed by atoms with van der Waals surface area (Å²) in [6.07, 6.45) is 0. The normalized spacial score (nSPS) is 15.3. The molecule has 4 nitrogen and oxygen atoms in total. The number of benzene rings is 8. The molecule has 3 aliphatic rings. The molecule has 4 heterocycles. The molecule has 68 heavy (non-hydrogen) atoms. The zero-order chi connectivity index (χ0) is 47.0. The molecule has 336 valence electrons. The maximum Gasteiger partial charge on any atom is 0.251 e. The number of rotatable bonds is 6. The summed E-state index contributed by atoms with van der Waals surface area (Å²) >= 11 is 0. The van der Waals surface area contributed by atoms with Crippen molar-refractivity contribution in [3.05, 3.63) is 197 Å². The number of fused-ring (bicyclic) bond motifs is 10. The van der Waals surface area contributed by atoms with Crippen molar-refractivity contribution >= 4 is 79.2 Å². The first-order valence-electron chi connectivity index (χ1n) is 24.7. The molecule has 3 aliphatic heterocycles. The maximum atomic E-state index is 7.37. The molecule has 0 N–H and O–H groups in total. The Morgan fingerprint density at radius 3 is 1.76 bits per heavy atom. The van der Waals surface area contributed by atoms with Gasteiger partial charge in [-0.1, -0.05) is 172 Å². The van der Waals surface area contributed by atoms with Gasteiger partial charge in [-0.2, -0.15) is 0 Å². The van der Waals surface area contributed by atoms with Crippen LogP contribution in [0.5, 0.6) is 11.5 Å². The number of ether oxygens (including phenoxy) is 1. The predicted octanol–water partition coefficient (Wildman–Crippen LogP) is 15.8. The molecular formula is C63H59BN2O2. The van der Waals surface area contributed by atoms with E-state index in [1.165, 1.54) is 72.6 Å². The van der Waals surface area contributed by atoms with Gasteiger partial charge in [0, 0.05) is 44.6 Å². The lowest BCUT2D eigenvalue weighted by Crippen LogP contribution is -2.57. The summed E-state index contributed by atoms with van der Waals surface area (Å²) in [6.45, 7) is 23.6. The van der Waals surface area contributed by atoms with Gasteiger partial charge in [0.05, 0.1) is 22.7 Å². The average molecular weight is 887 g/mol. The van der Waals surface area contributed by atoms with E-state index in [1.54, 1.807) is 0 Å². The highest BCUT2D eigenvalue weighted by atomic mass is 16.5. The third kappa shape index (κ3) is 6.13. The van der Waals surface area contributed by atoms with Crippen LogP contribution in [0.4, 0.5) is 34.1 Å². The van der Waals surface area contributed by atoms with E-state index in [1.807, 2.05) is 0 Å². The van der Waals surface area contributed by atoms with E-state index in [0.717, 1.165) is 50.3 Å². The molecule has 0 amide bonds. The average Bonchev–Trinajstić information content (AvgIpc) is 3.69. The van der Waals surface area contributed by atoms with E-state index < -0.39 is 0 Å². The standard InChI is InChI=1S/C63H59BN2O2/c1-37(2)40-32-44(38(3)4)60(45(33-40)39(5)6)64-50-30-28-42(34-57(50)68-58-35-46-43-22-14-19-27-55(43)67-56(46)36-51(58)64)66-53-26-18-15-23-47(53)62(7,8)49-29-31-54-59(61(49)66)63(9,10)48-24-16-17-25-52(48)65(54)41-20-12-11-13-21-41/h11-39H,1-10H3. The maximum absolute atomic E-state index is 7.37. The summed E-state index contributed by atoms with van der Waals surface area (Å²) in [5, 5.41) is 2.17. The van der Waals surface area contributed by atoms with Gasteiger partial charge >= 0.3 is 0 Å². The molecule has 9 aromatic rings. The van der Waals surface area contributed by atoms with Crippen LogP contribution in [0.1, 0.15) is 126 Å². The number of hydrogen-bond donors (Lipinski definition) is 0. The van der Waals surface area contributed by atoms with Crippen molar-refractivity contribution in [1.29, 1.82) is 0 Å². The summed E-state index contributed by atoms with van der Waals surface area (Å²) in [5.41, 5.74) is 21.3. The predicted molar refractivity (Wildman–Crippen MR) is 287 cm³/mol. The highest BCUT2D eigenvalue weighted by molar-refractivity contribution is 6.97. The van der Waals surface area contributed by atoms with E-state index in [4.69, 9.17) is 9.15 Å². The van der Waals surface area contributed by atoms with Crippen molar-refractivity contribution in [2.24, 2.45) is 0 Å². The van der Waals surface area contributed by atoms with Crippen molar-refractivity contribution in [3.8, 4) is 11.5 Å². The van der Waals surface area contributed by atoms with Crippen LogP contribution in [0.3, 0.4) is 0 Å². The minimum atomic E-state index is -0.348. The zero-order valence-electron chi connectivity index (χ0n) is 41.0. The Balaban J connectivity index is 1.14.